The van der Waals surface area contributed by atoms with E-state index in [-0.39, 0.29) is 36.6 Å². The maximum Gasteiger partial charge on any atom is 0.243 e. The Morgan fingerprint density at radius 1 is 1.03 bits per heavy atom. The molecule has 2 aromatic rings. The Bertz CT molecular complexity index is 927. The molecule has 190 valence electrons. The van der Waals surface area contributed by atoms with Crippen LogP contribution >= 0.6 is 0 Å². The van der Waals surface area contributed by atoms with E-state index in [4.69, 9.17) is 9.47 Å². The molecule has 0 spiro atoms. The second-order valence-electron chi connectivity index (χ2n) is 9.04. The number of carbonyl (C=O) groups is 2. The number of nitrogens with zero attached hydrogens (tertiary/aromatic N) is 1. The van der Waals surface area contributed by atoms with Crippen LogP contribution in [-0.4, -0.2) is 42.5 Å². The number of hydrogen-bond acceptors (Lipinski definition) is 4. The lowest BCUT2D eigenvalue weighted by Gasteiger charge is -2.33. The Labute approximate surface area is 207 Å². The van der Waals surface area contributed by atoms with Gasteiger partial charge >= 0.3 is 0 Å². The van der Waals surface area contributed by atoms with Crippen molar-refractivity contribution in [1.82, 2.24) is 10.2 Å². The van der Waals surface area contributed by atoms with Crippen LogP contribution in [0, 0.1) is 5.82 Å². The molecule has 1 aliphatic rings. The minimum absolute atomic E-state index is 0.107. The maximum absolute atomic E-state index is 13.4. The molecule has 2 amide bonds. The highest BCUT2D eigenvalue weighted by Gasteiger charge is 2.30. The predicted octanol–water partition coefficient (Wildman–Crippen LogP) is 5.25. The Hall–Kier alpha value is -3.09. The van der Waals surface area contributed by atoms with Crippen molar-refractivity contribution >= 4 is 11.8 Å². The van der Waals surface area contributed by atoms with Crippen LogP contribution in [0.25, 0.3) is 0 Å². The minimum atomic E-state index is -0.572. The standard InChI is InChI=1S/C28H37FN2O4/c1-3-26(28(33)30-23-8-5-4-6-9-23)31(20-21-11-13-22(29)14-12-21)27(32)10-7-19-35-25-17-15-24(34-2)16-18-25/h11-18,23,26H,3-10,19-20H2,1-2H3,(H,30,33)/t26-/m1/s1. The van der Waals surface area contributed by atoms with Crippen LogP contribution in [0.1, 0.15) is 63.9 Å². The number of carbonyl (C=O) groups excluding carboxylic acids is 2. The number of benzene rings is 2. The van der Waals surface area contributed by atoms with Gasteiger partial charge < -0.3 is 19.7 Å². The molecule has 0 saturated heterocycles. The molecule has 6 nitrogen and oxygen atoms in total. The fraction of sp³-hybridized carbons (Fsp3) is 0.500. The number of ether oxygens (including phenoxy) is 2. The van der Waals surface area contributed by atoms with E-state index in [0.29, 0.717) is 25.2 Å². The third kappa shape index (κ3) is 8.26. The van der Waals surface area contributed by atoms with Gasteiger partial charge in [0, 0.05) is 19.0 Å². The van der Waals surface area contributed by atoms with Crippen LogP contribution < -0.4 is 14.8 Å². The zero-order chi connectivity index (χ0) is 25.0. The average molecular weight is 485 g/mol. The first-order valence-corrected chi connectivity index (χ1v) is 12.6. The van der Waals surface area contributed by atoms with Crippen LogP contribution in [0.5, 0.6) is 11.5 Å². The van der Waals surface area contributed by atoms with Crippen molar-refractivity contribution in [2.75, 3.05) is 13.7 Å². The van der Waals surface area contributed by atoms with Gasteiger partial charge in [0.05, 0.1) is 13.7 Å². The first kappa shape index (κ1) is 26.5. The summed E-state index contributed by atoms with van der Waals surface area (Å²) in [7, 11) is 1.61. The highest BCUT2D eigenvalue weighted by Crippen LogP contribution is 2.20. The second-order valence-corrected chi connectivity index (χ2v) is 9.04. The van der Waals surface area contributed by atoms with E-state index in [2.05, 4.69) is 5.32 Å². The van der Waals surface area contributed by atoms with Crippen molar-refractivity contribution in [3.8, 4) is 11.5 Å². The lowest BCUT2D eigenvalue weighted by Crippen LogP contribution is -2.51. The van der Waals surface area contributed by atoms with Gasteiger partial charge in [-0.05, 0) is 67.6 Å². The normalized spacial score (nSPS) is 14.7. The fourth-order valence-electron chi connectivity index (χ4n) is 4.48. The number of methoxy groups -OCH3 is 1. The van der Waals surface area contributed by atoms with Gasteiger partial charge in [0.2, 0.25) is 11.8 Å². The van der Waals surface area contributed by atoms with Gasteiger partial charge in [0.1, 0.15) is 23.4 Å². The molecule has 7 heteroatoms. The summed E-state index contributed by atoms with van der Waals surface area (Å²) in [4.78, 5) is 28.1. The van der Waals surface area contributed by atoms with Crippen LogP contribution in [0.4, 0.5) is 4.39 Å². The predicted molar refractivity (Wildman–Crippen MR) is 134 cm³/mol. The fourth-order valence-corrected chi connectivity index (χ4v) is 4.48. The molecule has 0 aliphatic heterocycles. The molecular weight excluding hydrogens is 447 g/mol. The number of amides is 2. The SMILES string of the molecule is CC[C@H](C(=O)NC1CCCCC1)N(Cc1ccc(F)cc1)C(=O)CCCOc1ccc(OC)cc1. The molecule has 3 rings (SSSR count). The second kappa shape index (κ2) is 13.7. The van der Waals surface area contributed by atoms with Crippen molar-refractivity contribution in [1.29, 1.82) is 0 Å². The van der Waals surface area contributed by atoms with E-state index in [1.54, 1.807) is 24.1 Å². The van der Waals surface area contributed by atoms with Gasteiger partial charge in [0.25, 0.3) is 0 Å². The zero-order valence-corrected chi connectivity index (χ0v) is 20.8. The van der Waals surface area contributed by atoms with Crippen molar-refractivity contribution in [2.45, 2.75) is 76.9 Å². The summed E-state index contributed by atoms with van der Waals surface area (Å²) in [6, 6.07) is 13.0. The van der Waals surface area contributed by atoms with Gasteiger partial charge in [0.15, 0.2) is 0 Å². The molecule has 1 N–H and O–H groups in total. The van der Waals surface area contributed by atoms with Crippen LogP contribution in [-0.2, 0) is 16.1 Å². The van der Waals surface area contributed by atoms with Crippen molar-refractivity contribution in [3.63, 3.8) is 0 Å². The Kier molecular flexibility index (Phi) is 10.4. The Morgan fingerprint density at radius 3 is 2.31 bits per heavy atom. The molecule has 2 aromatic carbocycles. The van der Waals surface area contributed by atoms with Crippen LogP contribution in [0.2, 0.25) is 0 Å². The Balaban J connectivity index is 1.62. The molecule has 0 radical (unpaired) electrons. The van der Waals surface area contributed by atoms with Crippen LogP contribution in [0.3, 0.4) is 0 Å². The number of hydrogen-bond donors (Lipinski definition) is 1. The zero-order valence-electron chi connectivity index (χ0n) is 20.8. The molecule has 1 fully saturated rings. The van der Waals surface area contributed by atoms with Crippen LogP contribution in [0.15, 0.2) is 48.5 Å². The van der Waals surface area contributed by atoms with Gasteiger partial charge in [-0.1, -0.05) is 38.3 Å². The summed E-state index contributed by atoms with van der Waals surface area (Å²) in [6.07, 6.45) is 6.69. The van der Waals surface area contributed by atoms with Gasteiger partial charge in [-0.2, -0.15) is 0 Å². The highest BCUT2D eigenvalue weighted by molar-refractivity contribution is 5.87. The minimum Gasteiger partial charge on any atom is -0.497 e. The first-order chi connectivity index (χ1) is 17.0. The van der Waals surface area contributed by atoms with E-state index >= 15 is 0 Å². The molecule has 1 aliphatic carbocycles. The van der Waals surface area contributed by atoms with Crippen molar-refractivity contribution < 1.29 is 23.5 Å². The maximum atomic E-state index is 13.4. The summed E-state index contributed by atoms with van der Waals surface area (Å²) >= 11 is 0. The quantitative estimate of drug-likeness (QED) is 0.418. The molecule has 1 atom stereocenters. The summed E-state index contributed by atoms with van der Waals surface area (Å²) in [5.41, 5.74) is 0.790. The van der Waals surface area contributed by atoms with E-state index in [9.17, 15) is 14.0 Å². The largest absolute Gasteiger partial charge is 0.497 e. The van der Waals surface area contributed by atoms with Gasteiger partial charge in [-0.3, -0.25) is 9.59 Å². The monoisotopic (exact) mass is 484 g/mol. The number of rotatable bonds is 12. The van der Waals surface area contributed by atoms with Crippen molar-refractivity contribution in [3.05, 3.63) is 59.9 Å². The van der Waals surface area contributed by atoms with Crippen molar-refractivity contribution in [2.24, 2.45) is 0 Å². The third-order valence-corrected chi connectivity index (χ3v) is 6.47. The summed E-state index contributed by atoms with van der Waals surface area (Å²) in [6.45, 7) is 2.56. The summed E-state index contributed by atoms with van der Waals surface area (Å²) in [5, 5.41) is 3.17. The number of halogens is 1. The smallest absolute Gasteiger partial charge is 0.243 e. The first-order valence-electron chi connectivity index (χ1n) is 12.6. The topological polar surface area (TPSA) is 67.9 Å². The van der Waals surface area contributed by atoms with E-state index in [0.717, 1.165) is 37.0 Å². The summed E-state index contributed by atoms with van der Waals surface area (Å²) < 4.78 is 24.3. The molecule has 0 unspecified atom stereocenters. The van der Waals surface area contributed by atoms with E-state index < -0.39 is 6.04 Å². The summed E-state index contributed by atoms with van der Waals surface area (Å²) in [5.74, 6) is 0.910. The molecule has 0 bridgehead atoms. The molecule has 0 aromatic heterocycles. The molecule has 1 saturated carbocycles. The molecular formula is C28H37FN2O4. The lowest BCUT2D eigenvalue weighted by molar-refractivity contribution is -0.142. The van der Waals surface area contributed by atoms with Gasteiger partial charge in [-0.15, -0.1) is 0 Å². The highest BCUT2D eigenvalue weighted by atomic mass is 19.1. The Morgan fingerprint density at radius 2 is 1.69 bits per heavy atom. The molecule has 35 heavy (non-hydrogen) atoms. The third-order valence-electron chi connectivity index (χ3n) is 6.47. The average Bonchev–Trinajstić information content (AvgIpc) is 2.88. The number of nitrogens with one attached hydrogen (secondary N) is 1. The van der Waals surface area contributed by atoms with E-state index in [1.807, 2.05) is 31.2 Å². The molecule has 0 heterocycles. The van der Waals surface area contributed by atoms with Gasteiger partial charge in [-0.25, -0.2) is 4.39 Å². The van der Waals surface area contributed by atoms with E-state index in [1.165, 1.54) is 18.6 Å². The lowest BCUT2D eigenvalue weighted by atomic mass is 9.95.